The van der Waals surface area contributed by atoms with Crippen LogP contribution in [0.5, 0.6) is 0 Å². The molecular formula is C28H33F3N4O6S. The molecule has 3 rings (SSSR count). The SMILES string of the molecule is CS[C@@]1(NC(=O)OCc2ccccc2)CC[C@H](C(=O)NNC(=O)c2ccc(C(F)(F)F)cc2)N(C(=O)OC(C)(C)C)C1. The average molecular weight is 611 g/mol. The summed E-state index contributed by atoms with van der Waals surface area (Å²) >= 11 is 1.27. The number of carbonyl (C=O) groups is 4. The monoisotopic (exact) mass is 610 g/mol. The fourth-order valence-corrected chi connectivity index (χ4v) is 4.90. The van der Waals surface area contributed by atoms with Gasteiger partial charge in [0.2, 0.25) is 0 Å². The Morgan fingerprint density at radius 3 is 2.21 bits per heavy atom. The van der Waals surface area contributed by atoms with E-state index < -0.39 is 52.3 Å². The molecule has 0 radical (unpaired) electrons. The van der Waals surface area contributed by atoms with Crippen molar-refractivity contribution in [2.75, 3.05) is 12.8 Å². The molecular weight excluding hydrogens is 577 g/mol. The van der Waals surface area contributed by atoms with Crippen molar-refractivity contribution < 1.29 is 41.8 Å². The number of piperidine rings is 1. The molecule has 0 saturated carbocycles. The van der Waals surface area contributed by atoms with Crippen LogP contribution in [0.15, 0.2) is 54.6 Å². The number of hydrogen-bond acceptors (Lipinski definition) is 7. The molecule has 1 saturated heterocycles. The van der Waals surface area contributed by atoms with Crippen molar-refractivity contribution in [2.45, 2.75) is 62.9 Å². The number of alkyl carbamates (subject to hydrolysis) is 1. The lowest BCUT2D eigenvalue weighted by Crippen LogP contribution is -2.64. The first-order valence-electron chi connectivity index (χ1n) is 12.9. The zero-order valence-electron chi connectivity index (χ0n) is 23.5. The molecule has 42 heavy (non-hydrogen) atoms. The Hall–Kier alpha value is -3.94. The molecule has 2 atom stereocenters. The van der Waals surface area contributed by atoms with E-state index in [1.165, 1.54) is 16.7 Å². The van der Waals surface area contributed by atoms with Gasteiger partial charge in [-0.05, 0) is 69.7 Å². The largest absolute Gasteiger partial charge is 0.445 e. The Kier molecular flexibility index (Phi) is 10.4. The Morgan fingerprint density at radius 2 is 1.64 bits per heavy atom. The Labute approximate surface area is 245 Å². The molecule has 1 aliphatic rings. The summed E-state index contributed by atoms with van der Waals surface area (Å²) in [6, 6.07) is 11.5. The van der Waals surface area contributed by atoms with E-state index in [1.54, 1.807) is 27.0 Å². The molecule has 0 aromatic heterocycles. The molecule has 0 unspecified atom stereocenters. The molecule has 4 amide bonds. The number of halogens is 3. The van der Waals surface area contributed by atoms with Gasteiger partial charge in [0.25, 0.3) is 11.8 Å². The predicted molar refractivity (Wildman–Crippen MR) is 149 cm³/mol. The lowest BCUT2D eigenvalue weighted by molar-refractivity contribution is -0.137. The van der Waals surface area contributed by atoms with Gasteiger partial charge in [-0.2, -0.15) is 13.2 Å². The summed E-state index contributed by atoms with van der Waals surface area (Å²) in [5, 5.41) is 2.82. The molecule has 228 valence electrons. The zero-order valence-corrected chi connectivity index (χ0v) is 24.4. The summed E-state index contributed by atoms with van der Waals surface area (Å²) in [4.78, 5) is 51.6. The van der Waals surface area contributed by atoms with Gasteiger partial charge in [0.05, 0.1) is 12.1 Å². The lowest BCUT2D eigenvalue weighted by atomic mass is 9.97. The molecule has 2 aromatic carbocycles. The van der Waals surface area contributed by atoms with E-state index in [1.807, 2.05) is 30.3 Å². The number of ether oxygens (including phenoxy) is 2. The first kappa shape index (κ1) is 32.6. The summed E-state index contributed by atoms with van der Waals surface area (Å²) in [7, 11) is 0. The highest BCUT2D eigenvalue weighted by atomic mass is 32.2. The van der Waals surface area contributed by atoms with Crippen LogP contribution < -0.4 is 16.2 Å². The smallest absolute Gasteiger partial charge is 0.416 e. The number of hydrogen-bond donors (Lipinski definition) is 3. The summed E-state index contributed by atoms with van der Waals surface area (Å²) < 4.78 is 49.3. The minimum atomic E-state index is -4.56. The van der Waals surface area contributed by atoms with Crippen molar-refractivity contribution >= 4 is 35.8 Å². The van der Waals surface area contributed by atoms with Crippen LogP contribution in [0.25, 0.3) is 0 Å². The standard InChI is InChI=1S/C28H33F3N4O6S/c1-26(2,3)41-25(39)35-17-27(42-4,32-24(38)40-16-18-8-6-5-7-9-18)15-14-21(35)23(37)34-33-22(36)19-10-12-20(13-11-19)28(29,30)31/h5-13,21H,14-17H2,1-4H3,(H,32,38)(H,33,36)(H,34,37)/t21-,27+/m1/s1. The fraction of sp³-hybridized carbons (Fsp3) is 0.429. The van der Waals surface area contributed by atoms with Crippen LogP contribution in [0.3, 0.4) is 0 Å². The van der Waals surface area contributed by atoms with Crippen molar-refractivity contribution in [3.8, 4) is 0 Å². The van der Waals surface area contributed by atoms with E-state index in [0.29, 0.717) is 0 Å². The van der Waals surface area contributed by atoms with Gasteiger partial charge in [0, 0.05) is 5.56 Å². The number of carbonyl (C=O) groups excluding carboxylic acids is 4. The van der Waals surface area contributed by atoms with Gasteiger partial charge >= 0.3 is 18.4 Å². The Balaban J connectivity index is 1.69. The summed E-state index contributed by atoms with van der Waals surface area (Å²) in [5.74, 6) is -1.60. The Bertz CT molecular complexity index is 1270. The second-order valence-electron chi connectivity index (χ2n) is 10.6. The third-order valence-corrected chi connectivity index (χ3v) is 7.48. The van der Waals surface area contributed by atoms with E-state index in [2.05, 4.69) is 16.2 Å². The third-order valence-electron chi connectivity index (χ3n) is 6.26. The minimum absolute atomic E-state index is 0.0383. The summed E-state index contributed by atoms with van der Waals surface area (Å²) in [5.41, 5.74) is 3.27. The van der Waals surface area contributed by atoms with Gasteiger partial charge in [0.1, 0.15) is 23.1 Å². The van der Waals surface area contributed by atoms with Crippen LogP contribution in [-0.4, -0.2) is 58.2 Å². The third kappa shape index (κ3) is 9.03. The number of likely N-dealkylation sites (tertiary alicyclic amines) is 1. The van der Waals surface area contributed by atoms with E-state index in [9.17, 15) is 32.3 Å². The van der Waals surface area contributed by atoms with Crippen LogP contribution in [0.4, 0.5) is 22.8 Å². The molecule has 0 bridgehead atoms. The van der Waals surface area contributed by atoms with Crippen molar-refractivity contribution in [3.05, 3.63) is 71.3 Å². The van der Waals surface area contributed by atoms with Crippen LogP contribution >= 0.6 is 11.8 Å². The normalized spacial score (nSPS) is 18.9. The second-order valence-corrected chi connectivity index (χ2v) is 11.8. The number of amides is 4. The van der Waals surface area contributed by atoms with Crippen LogP contribution in [0.2, 0.25) is 0 Å². The van der Waals surface area contributed by atoms with Crippen molar-refractivity contribution in [3.63, 3.8) is 0 Å². The van der Waals surface area contributed by atoms with Gasteiger partial charge in [-0.15, -0.1) is 11.8 Å². The number of hydrazine groups is 1. The summed E-state index contributed by atoms with van der Waals surface area (Å²) in [6.45, 7) is 4.91. The Morgan fingerprint density at radius 1 is 1.00 bits per heavy atom. The lowest BCUT2D eigenvalue weighted by Gasteiger charge is -2.45. The van der Waals surface area contributed by atoms with Gasteiger partial charge in [0.15, 0.2) is 0 Å². The maximum absolute atomic E-state index is 13.2. The predicted octanol–water partition coefficient (Wildman–Crippen LogP) is 4.85. The first-order chi connectivity index (χ1) is 19.6. The molecule has 0 spiro atoms. The molecule has 10 nitrogen and oxygen atoms in total. The number of nitrogens with zero attached hydrogens (tertiary/aromatic N) is 1. The van der Waals surface area contributed by atoms with E-state index >= 15 is 0 Å². The number of rotatable bonds is 6. The van der Waals surface area contributed by atoms with Crippen LogP contribution in [0.1, 0.15) is 55.1 Å². The second kappa shape index (κ2) is 13.4. The summed E-state index contributed by atoms with van der Waals surface area (Å²) in [6.07, 6.45) is -3.98. The highest BCUT2D eigenvalue weighted by Crippen LogP contribution is 2.35. The molecule has 1 aliphatic heterocycles. The number of benzene rings is 2. The van der Waals surface area contributed by atoms with Crippen molar-refractivity contribution in [2.24, 2.45) is 0 Å². The topological polar surface area (TPSA) is 126 Å². The number of thioether (sulfide) groups is 1. The van der Waals surface area contributed by atoms with Gasteiger partial charge in [-0.3, -0.25) is 25.3 Å². The van der Waals surface area contributed by atoms with Crippen molar-refractivity contribution in [1.29, 1.82) is 0 Å². The van der Waals surface area contributed by atoms with Gasteiger partial charge < -0.3 is 14.8 Å². The number of nitrogens with one attached hydrogen (secondary N) is 3. The average Bonchev–Trinajstić information content (AvgIpc) is 2.94. The highest BCUT2D eigenvalue weighted by molar-refractivity contribution is 8.00. The first-order valence-corrected chi connectivity index (χ1v) is 14.2. The van der Waals surface area contributed by atoms with Crippen molar-refractivity contribution in [1.82, 2.24) is 21.1 Å². The highest BCUT2D eigenvalue weighted by Gasteiger charge is 2.46. The van der Waals surface area contributed by atoms with Crippen LogP contribution in [-0.2, 0) is 27.1 Å². The molecule has 2 aromatic rings. The maximum atomic E-state index is 13.2. The fourth-order valence-electron chi connectivity index (χ4n) is 4.12. The number of alkyl halides is 3. The van der Waals surface area contributed by atoms with E-state index in [-0.39, 0.29) is 31.6 Å². The quantitative estimate of drug-likeness (QED) is 0.315. The van der Waals surface area contributed by atoms with Crippen LogP contribution in [0, 0.1) is 0 Å². The molecule has 1 fully saturated rings. The van der Waals surface area contributed by atoms with E-state index in [4.69, 9.17) is 9.47 Å². The zero-order chi connectivity index (χ0) is 31.1. The molecule has 0 aliphatic carbocycles. The minimum Gasteiger partial charge on any atom is -0.445 e. The van der Waals surface area contributed by atoms with E-state index in [0.717, 1.165) is 29.8 Å². The molecule has 3 N–H and O–H groups in total. The molecule has 1 heterocycles. The van der Waals surface area contributed by atoms with Gasteiger partial charge in [-0.25, -0.2) is 9.59 Å². The molecule has 14 heteroatoms. The van der Waals surface area contributed by atoms with Gasteiger partial charge in [-0.1, -0.05) is 30.3 Å². The maximum Gasteiger partial charge on any atom is 0.416 e.